The first-order valence-corrected chi connectivity index (χ1v) is 19.3. The lowest BCUT2D eigenvalue weighted by Crippen LogP contribution is -2.36. The first-order chi connectivity index (χ1) is 25.8. The molecule has 0 amide bonds. The van der Waals surface area contributed by atoms with Crippen molar-refractivity contribution in [3.05, 3.63) is 205 Å². The Bertz CT molecular complexity index is 2710. The third-order valence-corrected chi connectivity index (χ3v) is 12.9. The number of fused-ring (bicyclic) bond motifs is 11. The molecular weight excluding hydrogens is 669 g/mol. The van der Waals surface area contributed by atoms with Gasteiger partial charge in [0, 0.05) is 48.3 Å². The number of rotatable bonds is 6. The maximum Gasteiger partial charge on any atom is 0.0745 e. The zero-order valence-corrected chi connectivity index (χ0v) is 30.1. The van der Waals surface area contributed by atoms with Crippen LogP contribution in [0.25, 0.3) is 38.6 Å². The van der Waals surface area contributed by atoms with Crippen molar-refractivity contribution in [2.45, 2.75) is 25.0 Å². The van der Waals surface area contributed by atoms with Crippen LogP contribution in [0.2, 0.25) is 0 Å². The van der Waals surface area contributed by atoms with Crippen LogP contribution in [0, 0.1) is 0 Å². The van der Waals surface area contributed by atoms with Crippen molar-refractivity contribution >= 4 is 51.0 Å². The minimum Gasteiger partial charge on any atom is -0.382 e. The van der Waals surface area contributed by atoms with Crippen LogP contribution in [0.1, 0.15) is 22.3 Å². The molecule has 1 spiro atoms. The second kappa shape index (κ2) is 12.5. The maximum absolute atomic E-state index is 3.81. The second-order valence-electron chi connectivity index (χ2n) is 13.3. The molecule has 1 aromatic heterocycles. The average Bonchev–Trinajstić information content (AvgIpc) is 3.53. The van der Waals surface area contributed by atoms with E-state index in [1.165, 1.54) is 80.5 Å². The highest BCUT2D eigenvalue weighted by atomic mass is 32.2. The summed E-state index contributed by atoms with van der Waals surface area (Å²) < 4.78 is 2.39. The van der Waals surface area contributed by atoms with Gasteiger partial charge >= 0.3 is 0 Å². The predicted octanol–water partition coefficient (Wildman–Crippen LogP) is 12.9. The lowest BCUT2D eigenvalue weighted by molar-refractivity contribution is 0.668. The van der Waals surface area contributed by atoms with Crippen molar-refractivity contribution in [1.82, 2.24) is 4.57 Å². The third kappa shape index (κ3) is 4.68. The molecule has 4 heteroatoms. The average molecular weight is 703 g/mol. The van der Waals surface area contributed by atoms with E-state index in [1.807, 2.05) is 35.7 Å². The molecule has 2 aliphatic heterocycles. The first kappa shape index (κ1) is 31.1. The van der Waals surface area contributed by atoms with E-state index in [9.17, 15) is 0 Å². The summed E-state index contributed by atoms with van der Waals surface area (Å²) in [7, 11) is 0. The second-order valence-corrected chi connectivity index (χ2v) is 15.4. The maximum atomic E-state index is 3.81. The molecule has 1 N–H and O–H groups in total. The number of benzene rings is 7. The van der Waals surface area contributed by atoms with Gasteiger partial charge in [-0.05, 0) is 88.0 Å². The molecule has 2 aliphatic rings. The molecule has 8 aromatic rings. The number of allylic oxidation sites excluding steroid dienone is 2. The molecule has 0 fully saturated rings. The van der Waals surface area contributed by atoms with Crippen molar-refractivity contribution in [3.8, 4) is 16.8 Å². The van der Waals surface area contributed by atoms with Crippen molar-refractivity contribution in [1.29, 1.82) is 0 Å². The molecule has 1 unspecified atom stereocenters. The van der Waals surface area contributed by atoms with Crippen LogP contribution in [0.3, 0.4) is 0 Å². The molecule has 0 aliphatic carbocycles. The number of aromatic nitrogens is 1. The topological polar surface area (TPSA) is 17.0 Å². The molecule has 0 radical (unpaired) electrons. The number of nitrogens with zero attached hydrogens (tertiary/aromatic N) is 1. The summed E-state index contributed by atoms with van der Waals surface area (Å²) >= 11 is 3.79. The number of hydrogen-bond donors (Lipinski definition) is 1. The largest absolute Gasteiger partial charge is 0.382 e. The summed E-state index contributed by atoms with van der Waals surface area (Å²) in [6, 6.07) is 58.5. The van der Waals surface area contributed by atoms with Gasteiger partial charge in [0.1, 0.15) is 0 Å². The van der Waals surface area contributed by atoms with E-state index in [0.717, 1.165) is 12.2 Å². The minimum atomic E-state index is -0.473. The number of hydrogen-bond acceptors (Lipinski definition) is 3. The van der Waals surface area contributed by atoms with Crippen LogP contribution in [0.15, 0.2) is 202 Å². The van der Waals surface area contributed by atoms with Gasteiger partial charge in [-0.3, -0.25) is 0 Å². The summed E-state index contributed by atoms with van der Waals surface area (Å²) in [6.45, 7) is 4.56. The highest BCUT2D eigenvalue weighted by molar-refractivity contribution is 8.00. The summed E-state index contributed by atoms with van der Waals surface area (Å²) in [6.07, 6.45) is 5.89. The lowest BCUT2D eigenvalue weighted by atomic mass is 9.64. The molecular formula is C48H34N2S2. The third-order valence-electron chi connectivity index (χ3n) is 10.5. The Morgan fingerprint density at radius 1 is 0.577 bits per heavy atom. The van der Waals surface area contributed by atoms with Gasteiger partial charge in [-0.1, -0.05) is 151 Å². The van der Waals surface area contributed by atoms with Crippen LogP contribution in [0.4, 0.5) is 5.69 Å². The van der Waals surface area contributed by atoms with Crippen molar-refractivity contribution in [2.75, 3.05) is 11.9 Å². The molecule has 0 bridgehead atoms. The Kier molecular flexibility index (Phi) is 7.49. The van der Waals surface area contributed by atoms with Crippen LogP contribution >= 0.6 is 23.5 Å². The predicted molar refractivity (Wildman–Crippen MR) is 221 cm³/mol. The fourth-order valence-corrected chi connectivity index (χ4v) is 10.9. The van der Waals surface area contributed by atoms with Gasteiger partial charge in [0.25, 0.3) is 0 Å². The first-order valence-electron chi connectivity index (χ1n) is 17.7. The molecule has 1 atom stereocenters. The summed E-state index contributed by atoms with van der Waals surface area (Å²) in [5.74, 6) is 0. The van der Waals surface area contributed by atoms with Crippen molar-refractivity contribution in [2.24, 2.45) is 0 Å². The molecule has 0 saturated carbocycles. The van der Waals surface area contributed by atoms with Crippen LogP contribution in [-0.4, -0.2) is 11.1 Å². The van der Waals surface area contributed by atoms with E-state index in [1.54, 1.807) is 0 Å². The quantitative estimate of drug-likeness (QED) is 0.174. The van der Waals surface area contributed by atoms with Gasteiger partial charge in [0.2, 0.25) is 0 Å². The van der Waals surface area contributed by atoms with Gasteiger partial charge < -0.3 is 9.88 Å². The summed E-state index contributed by atoms with van der Waals surface area (Å²) in [5.41, 5.74) is 12.1. The number of anilines is 1. The molecule has 248 valence electrons. The van der Waals surface area contributed by atoms with E-state index in [2.05, 4.69) is 180 Å². The van der Waals surface area contributed by atoms with E-state index in [0.29, 0.717) is 0 Å². The molecule has 7 aromatic carbocycles. The van der Waals surface area contributed by atoms with Gasteiger partial charge in [-0.2, -0.15) is 0 Å². The van der Waals surface area contributed by atoms with E-state index < -0.39 is 5.41 Å². The van der Waals surface area contributed by atoms with Gasteiger partial charge in [0.15, 0.2) is 0 Å². The normalized spacial score (nSPS) is 15.7. The fraction of sp³-hybridized carbons (Fsp3) is 0.0417. The van der Waals surface area contributed by atoms with E-state index >= 15 is 0 Å². The lowest BCUT2D eigenvalue weighted by Gasteiger charge is -2.46. The molecule has 52 heavy (non-hydrogen) atoms. The fourth-order valence-electron chi connectivity index (χ4n) is 8.36. The van der Waals surface area contributed by atoms with Crippen LogP contribution < -0.4 is 5.32 Å². The van der Waals surface area contributed by atoms with Gasteiger partial charge in [0.05, 0.1) is 16.4 Å². The Morgan fingerprint density at radius 2 is 1.27 bits per heavy atom. The monoisotopic (exact) mass is 702 g/mol. The Hall–Kier alpha value is -5.68. The molecule has 3 heterocycles. The molecule has 0 saturated heterocycles. The molecule has 2 nitrogen and oxygen atoms in total. The highest BCUT2D eigenvalue weighted by Gasteiger charge is 2.49. The Morgan fingerprint density at radius 3 is 2.10 bits per heavy atom. The van der Waals surface area contributed by atoms with Crippen molar-refractivity contribution < 1.29 is 0 Å². The van der Waals surface area contributed by atoms with Crippen LogP contribution in [-0.2, 0) is 5.41 Å². The van der Waals surface area contributed by atoms with Gasteiger partial charge in [-0.15, -0.1) is 0 Å². The van der Waals surface area contributed by atoms with Gasteiger partial charge in [-0.25, -0.2) is 0 Å². The number of nitrogens with one attached hydrogen (secondary N) is 1. The number of para-hydroxylation sites is 2. The Labute approximate surface area is 312 Å². The SMILES string of the molecule is C=C/C=C\CNc1ccc2c(c1)Sc1ccccc1C21c2ccccc2Sc2c(-c3ccc4c(c3)c3ccccc3n4-c3ccccc3)cccc21. The summed E-state index contributed by atoms with van der Waals surface area (Å²) in [5, 5.41) is 6.12. The zero-order valence-electron chi connectivity index (χ0n) is 28.4. The van der Waals surface area contributed by atoms with E-state index in [4.69, 9.17) is 0 Å². The van der Waals surface area contributed by atoms with Crippen molar-refractivity contribution in [3.63, 3.8) is 0 Å². The highest BCUT2D eigenvalue weighted by Crippen LogP contribution is 2.63. The minimum absolute atomic E-state index is 0.473. The zero-order chi connectivity index (χ0) is 34.6. The standard InChI is InChI=1S/C48H34N2S2/c1-2-3-13-29-49-33-26-27-40-46(31-33)51-44-23-11-8-19-38(44)48(40)39-20-9-12-24-45(39)52-47-35(18-14-21-41(47)48)32-25-28-43-37(30-32)36-17-7-10-22-42(36)50(43)34-15-5-4-6-16-34/h2-28,30-31,49H,1,29H2/b13-3-. The van der Waals surface area contributed by atoms with E-state index in [-0.39, 0.29) is 0 Å². The smallest absolute Gasteiger partial charge is 0.0745 e. The van der Waals surface area contributed by atoms with Crippen LogP contribution in [0.5, 0.6) is 0 Å². The molecule has 10 rings (SSSR count). The Balaban J connectivity index is 1.21. The summed E-state index contributed by atoms with van der Waals surface area (Å²) in [4.78, 5) is 5.20.